The highest BCUT2D eigenvalue weighted by Gasteiger charge is 2.43. The van der Waals surface area contributed by atoms with Gasteiger partial charge in [0.15, 0.2) is 11.5 Å². The summed E-state index contributed by atoms with van der Waals surface area (Å²) in [5.41, 5.74) is 7.44. The van der Waals surface area contributed by atoms with Crippen LogP contribution in [0.3, 0.4) is 0 Å². The average molecular weight is 249 g/mol. The highest BCUT2D eigenvalue weighted by Crippen LogP contribution is 2.48. The van der Waals surface area contributed by atoms with E-state index in [1.165, 1.54) is 0 Å². The van der Waals surface area contributed by atoms with Crippen molar-refractivity contribution in [3.8, 4) is 11.5 Å². The van der Waals surface area contributed by atoms with Crippen LogP contribution in [0, 0.1) is 11.8 Å². The van der Waals surface area contributed by atoms with E-state index < -0.39 is 0 Å². The molecule has 0 aliphatic heterocycles. The van der Waals surface area contributed by atoms with Crippen LogP contribution in [0.15, 0.2) is 18.2 Å². The van der Waals surface area contributed by atoms with Crippen LogP contribution in [0.4, 0.5) is 0 Å². The maximum absolute atomic E-state index is 6.47. The van der Waals surface area contributed by atoms with Gasteiger partial charge in [-0.15, -0.1) is 0 Å². The average Bonchev–Trinajstić information content (AvgIpc) is 2.33. The van der Waals surface area contributed by atoms with E-state index in [-0.39, 0.29) is 5.54 Å². The molecule has 0 amide bonds. The molecule has 0 radical (unpaired) electrons. The molecule has 0 heterocycles. The van der Waals surface area contributed by atoms with E-state index in [9.17, 15) is 0 Å². The summed E-state index contributed by atoms with van der Waals surface area (Å²) in [5.74, 6) is 2.96. The van der Waals surface area contributed by atoms with Crippen molar-refractivity contribution < 1.29 is 9.47 Å². The third-order valence-electron chi connectivity index (χ3n) is 4.15. The summed E-state index contributed by atoms with van der Waals surface area (Å²) in [6, 6.07) is 6.00. The molecule has 0 spiro atoms. The first-order valence-corrected chi connectivity index (χ1v) is 6.51. The van der Waals surface area contributed by atoms with Gasteiger partial charge >= 0.3 is 0 Å². The van der Waals surface area contributed by atoms with Gasteiger partial charge in [0.05, 0.1) is 14.2 Å². The van der Waals surface area contributed by atoms with E-state index in [4.69, 9.17) is 15.2 Å². The number of hydrogen-bond donors (Lipinski definition) is 1. The molecule has 2 N–H and O–H groups in total. The topological polar surface area (TPSA) is 44.5 Å². The van der Waals surface area contributed by atoms with Crippen molar-refractivity contribution in [3.05, 3.63) is 23.8 Å². The second-order valence-corrected chi connectivity index (χ2v) is 5.64. The third-order valence-corrected chi connectivity index (χ3v) is 4.15. The molecule has 1 aliphatic rings. The highest BCUT2D eigenvalue weighted by atomic mass is 16.5. The maximum Gasteiger partial charge on any atom is 0.161 e. The molecule has 2 rings (SSSR count). The number of hydrogen-bond acceptors (Lipinski definition) is 3. The summed E-state index contributed by atoms with van der Waals surface area (Å²) in [6.07, 6.45) is 2.11. The number of benzene rings is 1. The predicted octanol–water partition coefficient (Wildman–Crippen LogP) is 2.92. The third kappa shape index (κ3) is 2.19. The Labute approximate surface area is 109 Å². The summed E-state index contributed by atoms with van der Waals surface area (Å²) in [7, 11) is 3.30. The van der Waals surface area contributed by atoms with Crippen molar-refractivity contribution in [2.24, 2.45) is 17.6 Å². The fraction of sp³-hybridized carbons (Fsp3) is 0.600. The molecular weight excluding hydrogens is 226 g/mol. The smallest absolute Gasteiger partial charge is 0.161 e. The molecular formula is C15H23NO2. The summed E-state index contributed by atoms with van der Waals surface area (Å²) in [6.45, 7) is 4.53. The van der Waals surface area contributed by atoms with E-state index in [0.29, 0.717) is 5.92 Å². The maximum atomic E-state index is 6.47. The van der Waals surface area contributed by atoms with E-state index in [1.54, 1.807) is 14.2 Å². The number of methoxy groups -OCH3 is 2. The molecule has 1 fully saturated rings. The minimum atomic E-state index is -0.186. The monoisotopic (exact) mass is 249 g/mol. The summed E-state index contributed by atoms with van der Waals surface area (Å²) < 4.78 is 10.6. The first-order valence-electron chi connectivity index (χ1n) is 6.51. The van der Waals surface area contributed by atoms with Crippen molar-refractivity contribution >= 4 is 0 Å². The fourth-order valence-electron chi connectivity index (χ4n) is 2.73. The number of nitrogens with two attached hydrogens (primary N) is 1. The standard InChI is InChI=1S/C15H23NO2/c1-10(2)11-8-15(16,9-11)12-5-6-13(17-3)14(7-12)18-4/h5-7,10-11H,8-9,16H2,1-4H3. The zero-order chi connectivity index (χ0) is 13.3. The summed E-state index contributed by atoms with van der Waals surface area (Å²) in [4.78, 5) is 0. The van der Waals surface area contributed by atoms with Crippen LogP contribution in [0.5, 0.6) is 11.5 Å². The SMILES string of the molecule is COc1ccc(C2(N)CC(C(C)C)C2)cc1OC. The number of ether oxygens (including phenoxy) is 2. The highest BCUT2D eigenvalue weighted by molar-refractivity contribution is 5.45. The molecule has 1 aliphatic carbocycles. The lowest BCUT2D eigenvalue weighted by Crippen LogP contribution is -2.50. The summed E-state index contributed by atoms with van der Waals surface area (Å²) >= 11 is 0. The van der Waals surface area contributed by atoms with Crippen molar-refractivity contribution in [2.45, 2.75) is 32.2 Å². The van der Waals surface area contributed by atoms with Crippen LogP contribution < -0.4 is 15.2 Å². The quantitative estimate of drug-likeness (QED) is 0.892. The van der Waals surface area contributed by atoms with E-state index in [1.807, 2.05) is 12.1 Å². The number of rotatable bonds is 4. The minimum absolute atomic E-state index is 0.186. The van der Waals surface area contributed by atoms with Gasteiger partial charge in [0, 0.05) is 5.54 Å². The van der Waals surface area contributed by atoms with Crippen molar-refractivity contribution in [3.63, 3.8) is 0 Å². The van der Waals surface area contributed by atoms with Gasteiger partial charge in [-0.3, -0.25) is 0 Å². The van der Waals surface area contributed by atoms with Gasteiger partial charge in [0.25, 0.3) is 0 Å². The summed E-state index contributed by atoms with van der Waals surface area (Å²) in [5, 5.41) is 0. The van der Waals surface area contributed by atoms with Crippen LogP contribution in [0.25, 0.3) is 0 Å². The molecule has 3 heteroatoms. The van der Waals surface area contributed by atoms with Crippen LogP contribution in [0.1, 0.15) is 32.3 Å². The Morgan fingerprint density at radius 1 is 1.17 bits per heavy atom. The zero-order valence-corrected chi connectivity index (χ0v) is 11.7. The Morgan fingerprint density at radius 2 is 1.78 bits per heavy atom. The molecule has 1 saturated carbocycles. The normalized spacial score (nSPS) is 26.9. The largest absolute Gasteiger partial charge is 0.493 e. The van der Waals surface area contributed by atoms with Gasteiger partial charge in [-0.25, -0.2) is 0 Å². The van der Waals surface area contributed by atoms with E-state index in [2.05, 4.69) is 19.9 Å². The molecule has 3 nitrogen and oxygen atoms in total. The Hall–Kier alpha value is -1.22. The second kappa shape index (κ2) is 4.81. The van der Waals surface area contributed by atoms with Gasteiger partial charge in [-0.1, -0.05) is 19.9 Å². The Morgan fingerprint density at radius 3 is 2.28 bits per heavy atom. The molecule has 0 bridgehead atoms. The van der Waals surface area contributed by atoms with Gasteiger partial charge in [-0.05, 0) is 42.4 Å². The molecule has 1 aromatic carbocycles. The van der Waals surface area contributed by atoms with Crippen LogP contribution in [-0.2, 0) is 5.54 Å². The van der Waals surface area contributed by atoms with Crippen LogP contribution in [-0.4, -0.2) is 14.2 Å². The van der Waals surface area contributed by atoms with Gasteiger partial charge in [-0.2, -0.15) is 0 Å². The molecule has 0 unspecified atom stereocenters. The lowest BCUT2D eigenvalue weighted by molar-refractivity contribution is 0.104. The molecule has 0 saturated heterocycles. The molecule has 0 atom stereocenters. The lowest BCUT2D eigenvalue weighted by atomic mass is 9.62. The minimum Gasteiger partial charge on any atom is -0.493 e. The lowest BCUT2D eigenvalue weighted by Gasteiger charge is -2.47. The van der Waals surface area contributed by atoms with Crippen molar-refractivity contribution in [1.29, 1.82) is 0 Å². The van der Waals surface area contributed by atoms with Crippen molar-refractivity contribution in [1.82, 2.24) is 0 Å². The van der Waals surface area contributed by atoms with Gasteiger partial charge in [0.1, 0.15) is 0 Å². The predicted molar refractivity (Wildman–Crippen MR) is 73.0 cm³/mol. The molecule has 100 valence electrons. The Kier molecular flexibility index (Phi) is 3.53. The fourth-order valence-corrected chi connectivity index (χ4v) is 2.73. The molecule has 18 heavy (non-hydrogen) atoms. The van der Waals surface area contributed by atoms with E-state index in [0.717, 1.165) is 35.8 Å². The van der Waals surface area contributed by atoms with Crippen LogP contribution in [0.2, 0.25) is 0 Å². The van der Waals surface area contributed by atoms with Crippen LogP contribution >= 0.6 is 0 Å². The first kappa shape index (κ1) is 13.2. The van der Waals surface area contributed by atoms with Gasteiger partial charge in [0.2, 0.25) is 0 Å². The van der Waals surface area contributed by atoms with E-state index >= 15 is 0 Å². The molecule has 1 aromatic rings. The molecule has 0 aromatic heterocycles. The van der Waals surface area contributed by atoms with Crippen molar-refractivity contribution in [2.75, 3.05) is 14.2 Å². The second-order valence-electron chi connectivity index (χ2n) is 5.64. The first-order chi connectivity index (χ1) is 8.50. The van der Waals surface area contributed by atoms with Gasteiger partial charge < -0.3 is 15.2 Å². The zero-order valence-electron chi connectivity index (χ0n) is 11.7. The Balaban J connectivity index is 2.20. The Bertz CT molecular complexity index is 423.